The smallest absolute Gasteiger partial charge is 0.340 e. The van der Waals surface area contributed by atoms with Gasteiger partial charge in [-0.15, -0.1) is 0 Å². The van der Waals surface area contributed by atoms with Gasteiger partial charge in [-0.1, -0.05) is 61.0 Å². The molecule has 0 atom stereocenters. The second-order valence-electron chi connectivity index (χ2n) is 9.72. The minimum atomic E-state index is -0.559. The average molecular weight is 569 g/mol. The number of ether oxygens (including phenoxy) is 3. The Morgan fingerprint density at radius 2 is 1.41 bits per heavy atom. The number of hydrogen-bond donors (Lipinski definition) is 0. The van der Waals surface area contributed by atoms with E-state index in [1.807, 2.05) is 30.3 Å². The summed E-state index contributed by atoms with van der Waals surface area (Å²) in [6.07, 6.45) is 0. The van der Waals surface area contributed by atoms with Gasteiger partial charge >= 0.3 is 11.9 Å². The van der Waals surface area contributed by atoms with Crippen LogP contribution in [0.3, 0.4) is 0 Å². The minimum absolute atomic E-state index is 0.0579. The molecule has 2 aromatic carbocycles. The number of aromatic nitrogens is 1. The lowest BCUT2D eigenvalue weighted by molar-refractivity contribution is 0.0525. The largest absolute Gasteiger partial charge is 0.488 e. The van der Waals surface area contributed by atoms with E-state index in [-0.39, 0.29) is 29.8 Å². The topological polar surface area (TPSA) is 74.7 Å². The first-order valence-corrected chi connectivity index (χ1v) is 13.1. The van der Waals surface area contributed by atoms with Gasteiger partial charge in [0.05, 0.1) is 35.7 Å². The van der Waals surface area contributed by atoms with Gasteiger partial charge in [0.25, 0.3) is 0 Å². The highest BCUT2D eigenvalue weighted by Gasteiger charge is 2.29. The van der Waals surface area contributed by atoms with E-state index in [0.717, 1.165) is 10.0 Å². The maximum atomic E-state index is 13.1. The first-order valence-electron chi connectivity index (χ1n) is 12.4. The Labute approximate surface area is 227 Å². The van der Waals surface area contributed by atoms with E-state index in [1.54, 1.807) is 27.7 Å². The predicted octanol–water partition coefficient (Wildman–Crippen LogP) is 7.36. The zero-order chi connectivity index (χ0) is 27.3. The number of aryl methyl sites for hydroxylation is 2. The second kappa shape index (κ2) is 11.9. The van der Waals surface area contributed by atoms with Crippen molar-refractivity contribution in [2.24, 2.45) is 0 Å². The maximum absolute atomic E-state index is 13.1. The molecule has 0 amide bonds. The average Bonchev–Trinajstić information content (AvgIpc) is 2.82. The van der Waals surface area contributed by atoms with Crippen molar-refractivity contribution in [1.29, 1.82) is 0 Å². The Balaban J connectivity index is 2.16. The summed E-state index contributed by atoms with van der Waals surface area (Å²) >= 11 is 3.53. The zero-order valence-corrected chi connectivity index (χ0v) is 24.1. The molecule has 1 heterocycles. The fourth-order valence-electron chi connectivity index (χ4n) is 4.11. The van der Waals surface area contributed by atoms with Crippen molar-refractivity contribution in [2.75, 3.05) is 13.2 Å². The lowest BCUT2D eigenvalue weighted by Gasteiger charge is -2.21. The van der Waals surface area contributed by atoms with E-state index in [9.17, 15) is 9.59 Å². The van der Waals surface area contributed by atoms with E-state index in [0.29, 0.717) is 34.9 Å². The molecule has 0 N–H and O–H groups in total. The van der Waals surface area contributed by atoms with Gasteiger partial charge in [0.2, 0.25) is 0 Å². The van der Waals surface area contributed by atoms with Gasteiger partial charge in [0, 0.05) is 15.6 Å². The molecule has 0 bridgehead atoms. The summed E-state index contributed by atoms with van der Waals surface area (Å²) in [7, 11) is 0. The summed E-state index contributed by atoms with van der Waals surface area (Å²) in [6, 6.07) is 13.8. The molecular formula is C30H34BrNO5. The maximum Gasteiger partial charge on any atom is 0.340 e. The molecule has 0 unspecified atom stereocenters. The highest BCUT2D eigenvalue weighted by molar-refractivity contribution is 9.10. The normalized spacial score (nSPS) is 11.2. The Morgan fingerprint density at radius 1 is 0.865 bits per heavy atom. The van der Waals surface area contributed by atoms with Crippen molar-refractivity contribution >= 4 is 27.9 Å². The van der Waals surface area contributed by atoms with E-state index in [1.165, 1.54) is 5.56 Å². The van der Waals surface area contributed by atoms with Gasteiger partial charge in [-0.05, 0) is 62.4 Å². The summed E-state index contributed by atoms with van der Waals surface area (Å²) in [4.78, 5) is 30.7. The third kappa shape index (κ3) is 6.58. The molecule has 37 heavy (non-hydrogen) atoms. The number of halogens is 1. The molecule has 1 aromatic heterocycles. The van der Waals surface area contributed by atoms with Crippen LogP contribution in [-0.2, 0) is 21.5 Å². The zero-order valence-electron chi connectivity index (χ0n) is 22.5. The van der Waals surface area contributed by atoms with Crippen molar-refractivity contribution in [2.45, 2.75) is 60.5 Å². The van der Waals surface area contributed by atoms with Gasteiger partial charge in [0.15, 0.2) is 0 Å². The van der Waals surface area contributed by atoms with Gasteiger partial charge in [-0.25, -0.2) is 9.59 Å². The number of benzene rings is 2. The number of esters is 2. The Morgan fingerprint density at radius 3 is 1.89 bits per heavy atom. The Kier molecular flexibility index (Phi) is 9.13. The van der Waals surface area contributed by atoms with Crippen LogP contribution in [0.25, 0.3) is 11.1 Å². The summed E-state index contributed by atoms with van der Waals surface area (Å²) in [6.45, 7) is 14.1. The summed E-state index contributed by atoms with van der Waals surface area (Å²) in [5.74, 6) is -0.599. The van der Waals surface area contributed by atoms with E-state index < -0.39 is 11.9 Å². The summed E-state index contributed by atoms with van der Waals surface area (Å²) < 4.78 is 17.8. The number of rotatable bonds is 8. The number of carbonyl (C=O) groups excluding carboxylic acids is 2. The molecule has 0 fully saturated rings. The van der Waals surface area contributed by atoms with Crippen LogP contribution in [0.4, 0.5) is 0 Å². The summed E-state index contributed by atoms with van der Waals surface area (Å²) in [5.41, 5.74) is 4.61. The quantitative estimate of drug-likeness (QED) is 0.265. The van der Waals surface area contributed by atoms with Gasteiger partial charge < -0.3 is 14.2 Å². The molecule has 3 rings (SSSR count). The fourth-order valence-corrected chi connectivity index (χ4v) is 4.47. The molecule has 0 saturated heterocycles. The predicted molar refractivity (Wildman–Crippen MR) is 148 cm³/mol. The van der Waals surface area contributed by atoms with Crippen LogP contribution in [0.1, 0.15) is 77.8 Å². The molecule has 0 aliphatic carbocycles. The number of nitrogens with zero attached hydrogens (tertiary/aromatic N) is 1. The van der Waals surface area contributed by atoms with E-state index >= 15 is 0 Å². The third-order valence-corrected chi connectivity index (χ3v) is 6.44. The van der Waals surface area contributed by atoms with Gasteiger partial charge in [0.1, 0.15) is 12.4 Å². The lowest BCUT2D eigenvalue weighted by atomic mass is 9.87. The van der Waals surface area contributed by atoms with Crippen LogP contribution in [0, 0.1) is 13.8 Å². The van der Waals surface area contributed by atoms with Crippen LogP contribution >= 0.6 is 15.9 Å². The molecule has 3 aromatic rings. The van der Waals surface area contributed by atoms with E-state index in [2.05, 4.69) is 53.8 Å². The van der Waals surface area contributed by atoms with Crippen molar-refractivity contribution in [1.82, 2.24) is 4.98 Å². The van der Waals surface area contributed by atoms with Crippen molar-refractivity contribution in [3.05, 3.63) is 80.6 Å². The Bertz CT molecular complexity index is 1250. The molecule has 0 saturated carbocycles. The standard InChI is InChI=1S/C30H34BrNO5/c1-8-35-28(33)25-18(3)32-19(4)26(29(34)36-9-2)27(25)23-16-22(31)14-15-24(23)37-17-20-10-12-21(13-11-20)30(5,6)7/h10-16H,8-9,17H2,1-7H3. The highest BCUT2D eigenvalue weighted by atomic mass is 79.9. The molecule has 196 valence electrons. The van der Waals surface area contributed by atoms with Crippen molar-refractivity contribution < 1.29 is 23.8 Å². The van der Waals surface area contributed by atoms with Crippen molar-refractivity contribution in [3.63, 3.8) is 0 Å². The molecule has 0 radical (unpaired) electrons. The molecule has 6 nitrogen and oxygen atoms in total. The third-order valence-electron chi connectivity index (χ3n) is 5.94. The monoisotopic (exact) mass is 567 g/mol. The van der Waals surface area contributed by atoms with Gasteiger partial charge in [-0.2, -0.15) is 0 Å². The SMILES string of the molecule is CCOC(=O)c1c(C)nc(C)c(C(=O)OCC)c1-c1cc(Br)ccc1OCc1ccc(C(C)(C)C)cc1. The number of pyridine rings is 1. The number of carbonyl (C=O) groups is 2. The highest BCUT2D eigenvalue weighted by Crippen LogP contribution is 2.40. The van der Waals surface area contributed by atoms with Crippen LogP contribution < -0.4 is 4.74 Å². The summed E-state index contributed by atoms with van der Waals surface area (Å²) in [5, 5.41) is 0. The molecule has 0 aliphatic heterocycles. The first kappa shape index (κ1) is 28.4. The molecular weight excluding hydrogens is 534 g/mol. The Hall–Kier alpha value is -3.19. The van der Waals surface area contributed by atoms with E-state index in [4.69, 9.17) is 14.2 Å². The molecule has 7 heteroatoms. The first-order chi connectivity index (χ1) is 17.5. The van der Waals surface area contributed by atoms with Crippen LogP contribution in [0.15, 0.2) is 46.9 Å². The van der Waals surface area contributed by atoms with Crippen LogP contribution in [0.2, 0.25) is 0 Å². The minimum Gasteiger partial charge on any atom is -0.488 e. The molecule has 0 spiro atoms. The number of hydrogen-bond acceptors (Lipinski definition) is 6. The lowest BCUT2D eigenvalue weighted by Crippen LogP contribution is -2.18. The fraction of sp³-hybridized carbons (Fsp3) is 0.367. The van der Waals surface area contributed by atoms with Gasteiger partial charge in [-0.3, -0.25) is 4.98 Å². The van der Waals surface area contributed by atoms with Crippen molar-refractivity contribution in [3.8, 4) is 16.9 Å². The van der Waals surface area contributed by atoms with Crippen LogP contribution in [-0.4, -0.2) is 30.1 Å². The second-order valence-corrected chi connectivity index (χ2v) is 10.6. The van der Waals surface area contributed by atoms with Crippen LogP contribution in [0.5, 0.6) is 5.75 Å². The molecule has 0 aliphatic rings.